The fraction of sp³-hybridized carbons (Fsp3) is 0.636. The van der Waals surface area contributed by atoms with Crippen molar-refractivity contribution in [3.8, 4) is 0 Å². The number of hydrogen-bond acceptors (Lipinski definition) is 4. The number of halogens is 4. The molecule has 0 saturated carbocycles. The van der Waals surface area contributed by atoms with Gasteiger partial charge in [0.25, 0.3) is 0 Å². The summed E-state index contributed by atoms with van der Waals surface area (Å²) in [5.41, 5.74) is -1.06. The van der Waals surface area contributed by atoms with E-state index in [4.69, 9.17) is 16.3 Å². The minimum absolute atomic E-state index is 0.0527. The minimum atomic E-state index is -4.54. The lowest BCUT2D eigenvalue weighted by Crippen LogP contribution is -2.13. The summed E-state index contributed by atoms with van der Waals surface area (Å²) >= 11 is 5.45. The van der Waals surface area contributed by atoms with Crippen LogP contribution in [0.25, 0.3) is 0 Å². The molecule has 0 bridgehead atoms. The molecule has 4 nitrogen and oxygen atoms in total. The molecule has 1 heterocycles. The van der Waals surface area contributed by atoms with E-state index in [1.165, 1.54) is 0 Å². The Morgan fingerprint density at radius 3 is 2.63 bits per heavy atom. The molecule has 1 N–H and O–H groups in total. The molecule has 0 radical (unpaired) electrons. The van der Waals surface area contributed by atoms with Crippen LogP contribution >= 0.6 is 11.6 Å². The van der Waals surface area contributed by atoms with E-state index in [-0.39, 0.29) is 11.9 Å². The molecule has 0 aliphatic rings. The van der Waals surface area contributed by atoms with E-state index < -0.39 is 17.2 Å². The maximum atomic E-state index is 12.5. The lowest BCUT2D eigenvalue weighted by atomic mass is 10.3. The molecule has 0 aliphatic carbocycles. The van der Waals surface area contributed by atoms with E-state index in [2.05, 4.69) is 15.3 Å². The number of aromatic nitrogens is 2. The van der Waals surface area contributed by atoms with E-state index >= 15 is 0 Å². The number of ether oxygens (including phenoxy) is 1. The standard InChI is InChI=1S/C11H15ClF3N3O/c1-7(2)19-5-3-4-16-9-6-8(11(13,14)15)17-10(12)18-9/h6-7H,3-5H2,1-2H3,(H,16,17,18). The Labute approximate surface area is 114 Å². The van der Waals surface area contributed by atoms with Crippen LogP contribution in [0.1, 0.15) is 26.0 Å². The number of hydrogen-bond donors (Lipinski definition) is 1. The molecule has 0 aromatic carbocycles. The second-order valence-electron chi connectivity index (χ2n) is 4.11. The Balaban J connectivity index is 2.52. The van der Waals surface area contributed by atoms with Crippen LogP contribution in [0.5, 0.6) is 0 Å². The predicted molar refractivity (Wildman–Crippen MR) is 66.2 cm³/mol. The number of nitrogens with one attached hydrogen (secondary N) is 1. The SMILES string of the molecule is CC(C)OCCCNc1cc(C(F)(F)F)nc(Cl)n1. The third kappa shape index (κ3) is 6.07. The molecule has 1 rings (SSSR count). The molecule has 0 aliphatic heterocycles. The quantitative estimate of drug-likeness (QED) is 0.646. The average molecular weight is 298 g/mol. The van der Waals surface area contributed by atoms with Crippen LogP contribution < -0.4 is 5.32 Å². The molecule has 19 heavy (non-hydrogen) atoms. The Bertz CT molecular complexity index is 413. The maximum absolute atomic E-state index is 12.5. The van der Waals surface area contributed by atoms with Crippen LogP contribution in [0.3, 0.4) is 0 Å². The van der Waals surface area contributed by atoms with Gasteiger partial charge in [0.15, 0.2) is 5.69 Å². The van der Waals surface area contributed by atoms with Crippen molar-refractivity contribution in [1.82, 2.24) is 9.97 Å². The highest BCUT2D eigenvalue weighted by molar-refractivity contribution is 6.28. The zero-order valence-corrected chi connectivity index (χ0v) is 11.3. The molecule has 0 amide bonds. The Morgan fingerprint density at radius 1 is 1.37 bits per heavy atom. The molecular formula is C11H15ClF3N3O. The summed E-state index contributed by atoms with van der Waals surface area (Å²) in [6.07, 6.45) is -3.75. The van der Waals surface area contributed by atoms with Gasteiger partial charge in [-0.2, -0.15) is 13.2 Å². The lowest BCUT2D eigenvalue weighted by Gasteiger charge is -2.10. The van der Waals surface area contributed by atoms with Gasteiger partial charge in [0.05, 0.1) is 6.10 Å². The van der Waals surface area contributed by atoms with Crippen molar-refractivity contribution < 1.29 is 17.9 Å². The van der Waals surface area contributed by atoms with E-state index in [1.54, 1.807) is 0 Å². The summed E-state index contributed by atoms with van der Waals surface area (Å²) in [7, 11) is 0. The van der Waals surface area contributed by atoms with Crippen LogP contribution in [0.2, 0.25) is 5.28 Å². The molecule has 1 aromatic rings. The number of rotatable bonds is 6. The first-order valence-electron chi connectivity index (χ1n) is 5.76. The third-order valence-electron chi connectivity index (χ3n) is 2.07. The van der Waals surface area contributed by atoms with Crippen molar-refractivity contribution in [3.05, 3.63) is 17.0 Å². The molecule has 8 heteroatoms. The van der Waals surface area contributed by atoms with Crippen LogP contribution in [0, 0.1) is 0 Å². The van der Waals surface area contributed by atoms with E-state index in [9.17, 15) is 13.2 Å². The monoisotopic (exact) mass is 297 g/mol. The predicted octanol–water partition coefficient (Wildman–Crippen LogP) is 3.38. The first-order chi connectivity index (χ1) is 8.79. The summed E-state index contributed by atoms with van der Waals surface area (Å²) in [6.45, 7) is 4.79. The largest absolute Gasteiger partial charge is 0.433 e. The van der Waals surface area contributed by atoms with Crippen molar-refractivity contribution >= 4 is 17.4 Å². The number of nitrogens with zero attached hydrogens (tertiary/aromatic N) is 2. The average Bonchev–Trinajstić information content (AvgIpc) is 2.26. The van der Waals surface area contributed by atoms with Crippen molar-refractivity contribution in [2.24, 2.45) is 0 Å². The normalized spacial score (nSPS) is 11.9. The van der Waals surface area contributed by atoms with Crippen molar-refractivity contribution in [2.75, 3.05) is 18.5 Å². The summed E-state index contributed by atoms with van der Waals surface area (Å²) in [4.78, 5) is 6.82. The zero-order chi connectivity index (χ0) is 14.5. The summed E-state index contributed by atoms with van der Waals surface area (Å²) < 4.78 is 42.8. The first-order valence-corrected chi connectivity index (χ1v) is 6.14. The van der Waals surface area contributed by atoms with Gasteiger partial charge in [-0.25, -0.2) is 9.97 Å². The van der Waals surface area contributed by atoms with E-state index in [0.29, 0.717) is 19.6 Å². The van der Waals surface area contributed by atoms with Gasteiger partial charge in [-0.3, -0.25) is 0 Å². The van der Waals surface area contributed by atoms with E-state index in [0.717, 1.165) is 6.07 Å². The first kappa shape index (κ1) is 16.0. The summed E-state index contributed by atoms with van der Waals surface area (Å²) in [5, 5.41) is 2.32. The molecule has 0 atom stereocenters. The second kappa shape index (κ2) is 6.91. The Kier molecular flexibility index (Phi) is 5.81. The second-order valence-corrected chi connectivity index (χ2v) is 4.44. The lowest BCUT2D eigenvalue weighted by molar-refractivity contribution is -0.141. The Hall–Kier alpha value is -1.08. The smallest absolute Gasteiger partial charge is 0.379 e. The van der Waals surface area contributed by atoms with Crippen LogP contribution in [-0.4, -0.2) is 29.2 Å². The highest BCUT2D eigenvalue weighted by Crippen LogP contribution is 2.29. The number of anilines is 1. The highest BCUT2D eigenvalue weighted by Gasteiger charge is 2.33. The van der Waals surface area contributed by atoms with Crippen molar-refractivity contribution in [2.45, 2.75) is 32.5 Å². The molecule has 1 aromatic heterocycles. The van der Waals surface area contributed by atoms with Gasteiger partial charge in [0.2, 0.25) is 5.28 Å². The molecule has 0 spiro atoms. The summed E-state index contributed by atoms with van der Waals surface area (Å²) in [6, 6.07) is 0.829. The van der Waals surface area contributed by atoms with Gasteiger partial charge < -0.3 is 10.1 Å². The Morgan fingerprint density at radius 2 is 2.05 bits per heavy atom. The number of alkyl halides is 3. The fourth-order valence-electron chi connectivity index (χ4n) is 1.26. The van der Waals surface area contributed by atoms with Gasteiger partial charge in [0.1, 0.15) is 5.82 Å². The molecule has 0 fully saturated rings. The maximum Gasteiger partial charge on any atom is 0.433 e. The van der Waals surface area contributed by atoms with Crippen LogP contribution in [0.15, 0.2) is 6.07 Å². The topological polar surface area (TPSA) is 47.0 Å². The van der Waals surface area contributed by atoms with Gasteiger partial charge in [-0.15, -0.1) is 0 Å². The van der Waals surface area contributed by atoms with Crippen LogP contribution in [0.4, 0.5) is 19.0 Å². The highest BCUT2D eigenvalue weighted by atomic mass is 35.5. The van der Waals surface area contributed by atoms with Crippen LogP contribution in [-0.2, 0) is 10.9 Å². The van der Waals surface area contributed by atoms with Gasteiger partial charge in [-0.05, 0) is 31.9 Å². The fourth-order valence-corrected chi connectivity index (χ4v) is 1.44. The van der Waals surface area contributed by atoms with E-state index in [1.807, 2.05) is 13.8 Å². The zero-order valence-electron chi connectivity index (χ0n) is 10.6. The minimum Gasteiger partial charge on any atom is -0.379 e. The molecular weight excluding hydrogens is 283 g/mol. The van der Waals surface area contributed by atoms with Gasteiger partial charge >= 0.3 is 6.18 Å². The molecule has 108 valence electrons. The summed E-state index contributed by atoms with van der Waals surface area (Å²) in [5.74, 6) is 0.0527. The van der Waals surface area contributed by atoms with Crippen molar-refractivity contribution in [1.29, 1.82) is 0 Å². The molecule has 0 unspecified atom stereocenters. The third-order valence-corrected chi connectivity index (χ3v) is 2.24. The van der Waals surface area contributed by atoms with Gasteiger partial charge in [0, 0.05) is 19.2 Å². The van der Waals surface area contributed by atoms with Gasteiger partial charge in [-0.1, -0.05) is 0 Å². The van der Waals surface area contributed by atoms with Crippen molar-refractivity contribution in [3.63, 3.8) is 0 Å². The molecule has 0 saturated heterocycles.